The molecule has 0 spiro atoms. The summed E-state index contributed by atoms with van der Waals surface area (Å²) < 4.78 is 0. The number of nitrogens with two attached hydrogens (primary N) is 1. The van der Waals surface area contributed by atoms with Crippen molar-refractivity contribution in [3.05, 3.63) is 28.5 Å². The second kappa shape index (κ2) is 3.34. The largest absolute Gasteiger partial charge is 0.394 e. The van der Waals surface area contributed by atoms with E-state index in [1.54, 1.807) is 6.08 Å². The number of fused-ring (bicyclic) bond motifs is 1. The van der Waals surface area contributed by atoms with Crippen LogP contribution in [0.2, 0.25) is 0 Å². The van der Waals surface area contributed by atoms with Gasteiger partial charge in [-0.1, -0.05) is 0 Å². The fraction of sp³-hybridized carbons (Fsp3) is 0.300. The number of hydrogen-bond donors (Lipinski definition) is 2. The summed E-state index contributed by atoms with van der Waals surface area (Å²) in [5, 5.41) is 2.68. The highest BCUT2D eigenvalue weighted by Gasteiger charge is 2.16. The number of amides is 1. The number of hydrogen-bond acceptors (Lipinski definition) is 4. The lowest BCUT2D eigenvalue weighted by Crippen LogP contribution is -2.26. The summed E-state index contributed by atoms with van der Waals surface area (Å²) in [5.74, 6) is 0.444. The molecule has 0 bridgehead atoms. The van der Waals surface area contributed by atoms with Crippen molar-refractivity contribution < 1.29 is 4.79 Å². The predicted molar refractivity (Wildman–Crippen MR) is 55.5 cm³/mol. The normalized spacial score (nSPS) is 15.1. The molecule has 0 radical (unpaired) electrons. The van der Waals surface area contributed by atoms with Crippen molar-refractivity contribution >= 4 is 12.0 Å². The van der Waals surface area contributed by atoms with Gasteiger partial charge in [-0.15, -0.1) is 0 Å². The van der Waals surface area contributed by atoms with Crippen LogP contribution in [-0.2, 0) is 11.3 Å². The Morgan fingerprint density at radius 1 is 1.40 bits per heavy atom. The van der Waals surface area contributed by atoms with Gasteiger partial charge in [0.1, 0.15) is 5.82 Å². The first kappa shape index (κ1) is 9.64. The highest BCUT2D eigenvalue weighted by atomic mass is 16.1. The van der Waals surface area contributed by atoms with Gasteiger partial charge < -0.3 is 11.1 Å². The highest BCUT2D eigenvalue weighted by Crippen LogP contribution is 2.16. The molecule has 1 aromatic heterocycles. The Bertz CT molecular complexity index is 465. The van der Waals surface area contributed by atoms with E-state index in [1.165, 1.54) is 0 Å². The van der Waals surface area contributed by atoms with Gasteiger partial charge in [0.25, 0.3) is 5.91 Å². The van der Waals surface area contributed by atoms with Crippen LogP contribution in [0.15, 0.2) is 5.70 Å². The molecular weight excluding hydrogens is 192 g/mol. The maximum atomic E-state index is 11.3. The Kier molecular flexibility index (Phi) is 2.15. The molecule has 3 N–H and O–H groups in total. The molecule has 1 aliphatic heterocycles. The number of rotatable bonds is 0. The van der Waals surface area contributed by atoms with E-state index < -0.39 is 0 Å². The Balaban J connectivity index is 2.61. The minimum atomic E-state index is -0.259. The van der Waals surface area contributed by atoms with E-state index in [0.717, 1.165) is 17.0 Å². The van der Waals surface area contributed by atoms with Crippen LogP contribution in [0.4, 0.5) is 0 Å². The maximum absolute atomic E-state index is 11.3. The van der Waals surface area contributed by atoms with E-state index in [-0.39, 0.29) is 11.6 Å². The molecule has 0 aromatic carbocycles. The number of carbonyl (C=O) groups excluding carboxylic acids is 1. The average molecular weight is 204 g/mol. The van der Waals surface area contributed by atoms with Gasteiger partial charge >= 0.3 is 0 Å². The molecule has 0 saturated heterocycles. The molecule has 5 nitrogen and oxygen atoms in total. The molecule has 0 atom stereocenters. The summed E-state index contributed by atoms with van der Waals surface area (Å²) in [6.45, 7) is 4.11. The minimum absolute atomic E-state index is 0.198. The summed E-state index contributed by atoms with van der Waals surface area (Å²) in [6.07, 6.45) is 1.63. The van der Waals surface area contributed by atoms with E-state index >= 15 is 0 Å². The van der Waals surface area contributed by atoms with Gasteiger partial charge in [-0.05, 0) is 19.9 Å². The third-order valence-electron chi connectivity index (χ3n) is 2.31. The zero-order valence-electron chi connectivity index (χ0n) is 8.66. The van der Waals surface area contributed by atoms with Gasteiger partial charge in [0.15, 0.2) is 0 Å². The Morgan fingerprint density at radius 3 is 2.87 bits per heavy atom. The molecule has 0 saturated carbocycles. The first-order valence-corrected chi connectivity index (χ1v) is 4.67. The van der Waals surface area contributed by atoms with Gasteiger partial charge in [-0.25, -0.2) is 9.97 Å². The van der Waals surface area contributed by atoms with Crippen molar-refractivity contribution in [2.75, 3.05) is 0 Å². The summed E-state index contributed by atoms with van der Waals surface area (Å²) in [7, 11) is 0. The molecule has 1 aliphatic rings. The number of nitrogens with zero attached hydrogens (tertiary/aromatic N) is 2. The lowest BCUT2D eigenvalue weighted by molar-refractivity contribution is -0.117. The quantitative estimate of drug-likeness (QED) is 0.624. The van der Waals surface area contributed by atoms with Gasteiger partial charge in [0.05, 0.1) is 17.9 Å². The third-order valence-corrected chi connectivity index (χ3v) is 2.31. The van der Waals surface area contributed by atoms with E-state index in [0.29, 0.717) is 12.4 Å². The molecule has 78 valence electrons. The zero-order chi connectivity index (χ0) is 11.0. The third kappa shape index (κ3) is 1.68. The molecule has 2 heterocycles. The van der Waals surface area contributed by atoms with Crippen molar-refractivity contribution in [1.29, 1.82) is 0 Å². The van der Waals surface area contributed by atoms with Crippen molar-refractivity contribution in [2.45, 2.75) is 20.4 Å². The Hall–Kier alpha value is -1.91. The molecule has 0 aliphatic carbocycles. The molecule has 2 rings (SSSR count). The smallest absolute Gasteiger partial charge is 0.267 e. The van der Waals surface area contributed by atoms with Gasteiger partial charge in [-0.3, -0.25) is 4.79 Å². The molecule has 15 heavy (non-hydrogen) atoms. The van der Waals surface area contributed by atoms with Gasteiger partial charge in [0, 0.05) is 11.3 Å². The van der Waals surface area contributed by atoms with Crippen LogP contribution in [-0.4, -0.2) is 15.9 Å². The van der Waals surface area contributed by atoms with Gasteiger partial charge in [0.2, 0.25) is 0 Å². The van der Waals surface area contributed by atoms with E-state index in [1.807, 2.05) is 13.8 Å². The van der Waals surface area contributed by atoms with Crippen LogP contribution in [0.3, 0.4) is 0 Å². The van der Waals surface area contributed by atoms with E-state index in [4.69, 9.17) is 5.73 Å². The average Bonchev–Trinajstić information content (AvgIpc) is 2.30. The topological polar surface area (TPSA) is 80.9 Å². The molecule has 0 fully saturated rings. The molecule has 1 aromatic rings. The number of aryl methyl sites for hydroxylation is 2. The molecule has 1 amide bonds. The van der Waals surface area contributed by atoms with Crippen molar-refractivity contribution in [3.8, 4) is 0 Å². The Morgan fingerprint density at radius 2 is 2.13 bits per heavy atom. The zero-order valence-corrected chi connectivity index (χ0v) is 8.66. The second-order valence-electron chi connectivity index (χ2n) is 3.50. The van der Waals surface area contributed by atoms with Crippen LogP contribution < -0.4 is 11.1 Å². The fourth-order valence-electron chi connectivity index (χ4n) is 1.60. The molecular formula is C10H12N4O. The summed E-state index contributed by atoms with van der Waals surface area (Å²) >= 11 is 0. The SMILES string of the molecule is Cc1nc(C)c2c(n1)CNC(=O)C(N)=C2. The van der Waals surface area contributed by atoms with Gasteiger partial charge in [-0.2, -0.15) is 0 Å². The highest BCUT2D eigenvalue weighted by molar-refractivity contribution is 5.97. The van der Waals surface area contributed by atoms with Crippen molar-refractivity contribution in [3.63, 3.8) is 0 Å². The lowest BCUT2D eigenvalue weighted by Gasteiger charge is -2.06. The van der Waals surface area contributed by atoms with Crippen LogP contribution in [0.25, 0.3) is 6.08 Å². The Labute approximate surface area is 87.4 Å². The fourth-order valence-corrected chi connectivity index (χ4v) is 1.60. The standard InChI is InChI=1S/C10H12N4O/c1-5-7-3-8(11)10(15)12-4-9(7)14-6(2)13-5/h3H,4,11H2,1-2H3,(H,12,15). The van der Waals surface area contributed by atoms with Crippen LogP contribution in [0.1, 0.15) is 22.8 Å². The van der Waals surface area contributed by atoms with Crippen LogP contribution in [0, 0.1) is 13.8 Å². The number of nitrogens with one attached hydrogen (secondary N) is 1. The number of carbonyl (C=O) groups is 1. The first-order valence-electron chi connectivity index (χ1n) is 4.67. The summed E-state index contributed by atoms with van der Waals surface area (Å²) in [6, 6.07) is 0. The maximum Gasteiger partial charge on any atom is 0.267 e. The van der Waals surface area contributed by atoms with Crippen LogP contribution in [0.5, 0.6) is 0 Å². The van der Waals surface area contributed by atoms with E-state index in [9.17, 15) is 4.79 Å². The predicted octanol–water partition coefficient (Wildman–Crippen LogP) is 0.0228. The minimum Gasteiger partial charge on any atom is -0.394 e. The second-order valence-corrected chi connectivity index (χ2v) is 3.50. The van der Waals surface area contributed by atoms with E-state index in [2.05, 4.69) is 15.3 Å². The monoisotopic (exact) mass is 204 g/mol. The lowest BCUT2D eigenvalue weighted by atomic mass is 10.1. The summed E-state index contributed by atoms with van der Waals surface area (Å²) in [4.78, 5) is 19.8. The summed E-state index contributed by atoms with van der Waals surface area (Å²) in [5.41, 5.74) is 8.29. The molecule has 5 heteroatoms. The molecule has 0 unspecified atom stereocenters. The van der Waals surface area contributed by atoms with Crippen LogP contribution >= 0.6 is 0 Å². The van der Waals surface area contributed by atoms with Crippen molar-refractivity contribution in [1.82, 2.24) is 15.3 Å². The first-order chi connectivity index (χ1) is 7.08. The number of aromatic nitrogens is 2. The van der Waals surface area contributed by atoms with Crippen molar-refractivity contribution in [2.24, 2.45) is 5.73 Å².